The van der Waals surface area contributed by atoms with Crippen LogP contribution in [0, 0.1) is 11.3 Å². The maximum Gasteiger partial charge on any atom is 0.236 e. The second kappa shape index (κ2) is 6.30. The third kappa shape index (κ3) is 3.36. The van der Waals surface area contributed by atoms with E-state index < -0.39 is 10.0 Å². The van der Waals surface area contributed by atoms with E-state index in [4.69, 9.17) is 5.26 Å². The van der Waals surface area contributed by atoms with Crippen molar-refractivity contribution in [1.82, 2.24) is 0 Å². The third-order valence-corrected chi connectivity index (χ3v) is 4.63. The van der Waals surface area contributed by atoms with Crippen molar-refractivity contribution in [2.75, 3.05) is 10.6 Å². The zero-order valence-corrected chi connectivity index (χ0v) is 13.9. The molecule has 1 heterocycles. The summed E-state index contributed by atoms with van der Waals surface area (Å²) >= 11 is 0. The van der Waals surface area contributed by atoms with Gasteiger partial charge in [0.1, 0.15) is 0 Å². The van der Waals surface area contributed by atoms with Gasteiger partial charge in [0, 0.05) is 24.4 Å². The van der Waals surface area contributed by atoms with E-state index in [1.807, 2.05) is 30.3 Å². The Hall–Kier alpha value is -2.91. The van der Waals surface area contributed by atoms with E-state index in [0.29, 0.717) is 28.9 Å². The maximum atomic E-state index is 12.2. The van der Waals surface area contributed by atoms with Gasteiger partial charge in [-0.1, -0.05) is 30.3 Å². The number of anilines is 1. The summed E-state index contributed by atoms with van der Waals surface area (Å²) in [7, 11) is -3.51. The highest BCUT2D eigenvalue weighted by atomic mass is 32.2. The molecule has 1 aliphatic heterocycles. The molecule has 0 spiro atoms. The SMILES string of the molecule is CS(=O)(=O)N1C=C(Cc2ccccc2)N=Cc2cc(C#N)ccc21. The highest BCUT2D eigenvalue weighted by molar-refractivity contribution is 7.92. The minimum absolute atomic E-state index is 0.458. The van der Waals surface area contributed by atoms with Crippen molar-refractivity contribution in [3.05, 3.63) is 77.1 Å². The number of fused-ring (bicyclic) bond motifs is 1. The minimum atomic E-state index is -3.51. The summed E-state index contributed by atoms with van der Waals surface area (Å²) in [6.07, 6.45) is 4.81. The molecule has 1 aliphatic rings. The molecule has 0 amide bonds. The average Bonchev–Trinajstić information content (AvgIpc) is 2.75. The summed E-state index contributed by atoms with van der Waals surface area (Å²) in [5, 5.41) is 9.04. The van der Waals surface area contributed by atoms with E-state index in [2.05, 4.69) is 11.1 Å². The Kier molecular flexibility index (Phi) is 4.19. The van der Waals surface area contributed by atoms with Gasteiger partial charge in [0.25, 0.3) is 0 Å². The van der Waals surface area contributed by atoms with Crippen LogP contribution in [0.1, 0.15) is 16.7 Å². The van der Waals surface area contributed by atoms with Gasteiger partial charge in [-0.3, -0.25) is 4.99 Å². The average molecular weight is 337 g/mol. The Balaban J connectivity index is 2.08. The van der Waals surface area contributed by atoms with Crippen molar-refractivity contribution in [1.29, 1.82) is 5.26 Å². The van der Waals surface area contributed by atoms with E-state index in [-0.39, 0.29) is 0 Å². The Morgan fingerprint density at radius 2 is 1.92 bits per heavy atom. The fraction of sp³-hybridized carbons (Fsp3) is 0.111. The fourth-order valence-electron chi connectivity index (χ4n) is 2.49. The van der Waals surface area contributed by atoms with Crippen LogP contribution in [0.5, 0.6) is 0 Å². The standard InChI is InChI=1S/C18H15N3O2S/c1-24(22,23)21-13-17(10-14-5-3-2-4-6-14)20-12-16-9-15(11-19)7-8-18(16)21/h2-9,12-13H,10H2,1H3. The molecular weight excluding hydrogens is 322 g/mol. The number of hydrogen-bond acceptors (Lipinski definition) is 4. The first-order valence-corrected chi connectivity index (χ1v) is 9.14. The molecule has 6 heteroatoms. The topological polar surface area (TPSA) is 73.5 Å². The van der Waals surface area contributed by atoms with Crippen LogP contribution in [-0.4, -0.2) is 20.9 Å². The van der Waals surface area contributed by atoms with Crippen LogP contribution < -0.4 is 4.31 Å². The number of sulfonamides is 1. The molecule has 24 heavy (non-hydrogen) atoms. The Morgan fingerprint density at radius 1 is 1.17 bits per heavy atom. The van der Waals surface area contributed by atoms with Crippen LogP contribution in [0.15, 0.2) is 65.4 Å². The summed E-state index contributed by atoms with van der Waals surface area (Å²) in [5.41, 5.74) is 3.21. The molecule has 2 aromatic carbocycles. The van der Waals surface area contributed by atoms with Crippen molar-refractivity contribution in [3.8, 4) is 6.07 Å². The van der Waals surface area contributed by atoms with Gasteiger partial charge in [0.05, 0.1) is 29.3 Å². The van der Waals surface area contributed by atoms with Crippen LogP contribution in [-0.2, 0) is 16.4 Å². The lowest BCUT2D eigenvalue weighted by atomic mass is 10.1. The molecular formula is C18H15N3O2S. The first kappa shape index (κ1) is 16.0. The van der Waals surface area contributed by atoms with Crippen LogP contribution in [0.25, 0.3) is 0 Å². The number of rotatable bonds is 3. The molecule has 0 bridgehead atoms. The van der Waals surface area contributed by atoms with Crippen molar-refractivity contribution >= 4 is 21.9 Å². The number of benzene rings is 2. The van der Waals surface area contributed by atoms with Crippen LogP contribution in [0.2, 0.25) is 0 Å². The Labute approximate surface area is 141 Å². The van der Waals surface area contributed by atoms with Crippen molar-refractivity contribution in [3.63, 3.8) is 0 Å². The van der Waals surface area contributed by atoms with Crippen LogP contribution in [0.3, 0.4) is 0 Å². The largest absolute Gasteiger partial charge is 0.259 e. The number of nitrogens with zero attached hydrogens (tertiary/aromatic N) is 3. The summed E-state index contributed by atoms with van der Waals surface area (Å²) in [4.78, 5) is 4.42. The molecule has 0 atom stereocenters. The lowest BCUT2D eigenvalue weighted by Gasteiger charge is -2.19. The summed E-state index contributed by atoms with van der Waals surface area (Å²) in [6.45, 7) is 0. The molecule has 2 aromatic rings. The molecule has 0 aliphatic carbocycles. The highest BCUT2D eigenvalue weighted by Crippen LogP contribution is 2.27. The quantitative estimate of drug-likeness (QED) is 0.864. The molecule has 0 unspecified atom stereocenters. The zero-order chi connectivity index (χ0) is 17.2. The monoisotopic (exact) mass is 337 g/mol. The van der Waals surface area contributed by atoms with Gasteiger partial charge in [-0.2, -0.15) is 5.26 Å². The number of allylic oxidation sites excluding steroid dienone is 1. The van der Waals surface area contributed by atoms with Gasteiger partial charge in [-0.05, 0) is 23.8 Å². The zero-order valence-electron chi connectivity index (χ0n) is 13.0. The molecule has 0 saturated carbocycles. The first-order valence-electron chi connectivity index (χ1n) is 7.29. The maximum absolute atomic E-state index is 12.2. The van der Waals surface area contributed by atoms with E-state index in [1.165, 1.54) is 10.5 Å². The second-order valence-corrected chi connectivity index (χ2v) is 7.34. The Morgan fingerprint density at radius 3 is 2.58 bits per heavy atom. The minimum Gasteiger partial charge on any atom is -0.259 e. The molecule has 0 radical (unpaired) electrons. The van der Waals surface area contributed by atoms with E-state index in [0.717, 1.165) is 11.8 Å². The third-order valence-electron chi connectivity index (χ3n) is 3.62. The number of aliphatic imine (C=N–C) groups is 1. The van der Waals surface area contributed by atoms with Gasteiger partial charge in [-0.25, -0.2) is 12.7 Å². The molecule has 5 nitrogen and oxygen atoms in total. The number of hydrogen-bond donors (Lipinski definition) is 0. The molecule has 0 N–H and O–H groups in total. The highest BCUT2D eigenvalue weighted by Gasteiger charge is 2.21. The number of nitriles is 1. The van der Waals surface area contributed by atoms with Crippen molar-refractivity contribution < 1.29 is 8.42 Å². The smallest absolute Gasteiger partial charge is 0.236 e. The van der Waals surface area contributed by atoms with Crippen molar-refractivity contribution in [2.45, 2.75) is 6.42 Å². The van der Waals surface area contributed by atoms with E-state index >= 15 is 0 Å². The molecule has 0 saturated heterocycles. The van der Waals surface area contributed by atoms with E-state index in [1.54, 1.807) is 24.4 Å². The fourth-order valence-corrected chi connectivity index (χ4v) is 3.33. The summed E-state index contributed by atoms with van der Waals surface area (Å²) in [5.74, 6) is 0. The first-order chi connectivity index (χ1) is 11.5. The van der Waals surface area contributed by atoms with Crippen LogP contribution >= 0.6 is 0 Å². The summed E-state index contributed by atoms with van der Waals surface area (Å²) in [6, 6.07) is 16.6. The van der Waals surface area contributed by atoms with Gasteiger partial charge < -0.3 is 0 Å². The molecule has 3 rings (SSSR count). The van der Waals surface area contributed by atoms with Gasteiger partial charge in [-0.15, -0.1) is 0 Å². The van der Waals surface area contributed by atoms with Crippen molar-refractivity contribution in [2.24, 2.45) is 4.99 Å². The molecule has 0 aromatic heterocycles. The predicted octanol–water partition coefficient (Wildman–Crippen LogP) is 2.84. The van der Waals surface area contributed by atoms with E-state index in [9.17, 15) is 8.42 Å². The second-order valence-electron chi connectivity index (χ2n) is 5.49. The Bertz CT molecular complexity index is 971. The lowest BCUT2D eigenvalue weighted by Crippen LogP contribution is -2.25. The summed E-state index contributed by atoms with van der Waals surface area (Å²) < 4.78 is 25.6. The predicted molar refractivity (Wildman–Crippen MR) is 94.3 cm³/mol. The van der Waals surface area contributed by atoms with Crippen LogP contribution in [0.4, 0.5) is 5.69 Å². The lowest BCUT2D eigenvalue weighted by molar-refractivity contribution is 0.601. The molecule has 120 valence electrons. The van der Waals surface area contributed by atoms with Gasteiger partial charge >= 0.3 is 0 Å². The molecule has 0 fully saturated rings. The van der Waals surface area contributed by atoms with Gasteiger partial charge in [0.2, 0.25) is 10.0 Å². The van der Waals surface area contributed by atoms with Gasteiger partial charge in [0.15, 0.2) is 0 Å². The normalized spacial score (nSPS) is 13.7.